The maximum absolute atomic E-state index is 14.0. The number of benzene rings is 1. The Hall–Kier alpha value is -2.49. The Morgan fingerprint density at radius 1 is 1.16 bits per heavy atom. The number of halogens is 2. The zero-order chi connectivity index (χ0) is 22.8. The van der Waals surface area contributed by atoms with Crippen molar-refractivity contribution in [1.29, 1.82) is 0 Å². The normalized spacial score (nSPS) is 19.3. The van der Waals surface area contributed by atoms with Crippen LogP contribution in [0.2, 0.25) is 0 Å². The Morgan fingerprint density at radius 2 is 1.84 bits per heavy atom. The van der Waals surface area contributed by atoms with Crippen LogP contribution in [0, 0.1) is 17.0 Å². The van der Waals surface area contributed by atoms with Crippen LogP contribution in [-0.2, 0) is 6.42 Å². The van der Waals surface area contributed by atoms with Gasteiger partial charge in [-0.05, 0) is 106 Å². The van der Waals surface area contributed by atoms with Crippen LogP contribution in [0.25, 0.3) is 0 Å². The molecule has 1 aromatic rings. The van der Waals surface area contributed by atoms with Gasteiger partial charge < -0.3 is 5.32 Å². The van der Waals surface area contributed by atoms with E-state index >= 15 is 0 Å². The molecular formula is C27H34F2N2. The van der Waals surface area contributed by atoms with Gasteiger partial charge in [0.15, 0.2) is 11.6 Å². The molecule has 2 aliphatic carbocycles. The summed E-state index contributed by atoms with van der Waals surface area (Å²) in [5.74, 6) is -1.34. The van der Waals surface area contributed by atoms with E-state index in [0.29, 0.717) is 6.42 Å². The van der Waals surface area contributed by atoms with Gasteiger partial charge in [0.25, 0.3) is 0 Å². The van der Waals surface area contributed by atoms with Crippen LogP contribution in [0.4, 0.5) is 8.78 Å². The van der Waals surface area contributed by atoms with E-state index in [9.17, 15) is 8.78 Å². The number of hydrogen-bond acceptors (Lipinski definition) is 2. The summed E-state index contributed by atoms with van der Waals surface area (Å²) in [6.07, 6.45) is 9.69. The third-order valence-electron chi connectivity index (χ3n) is 6.89. The molecule has 1 spiro atoms. The molecule has 1 atom stereocenters. The average molecular weight is 425 g/mol. The molecule has 1 fully saturated rings. The van der Waals surface area contributed by atoms with Crippen LogP contribution in [0.1, 0.15) is 69.9 Å². The van der Waals surface area contributed by atoms with Crippen molar-refractivity contribution in [2.45, 2.75) is 65.2 Å². The number of rotatable bonds is 8. The molecule has 0 aromatic heterocycles. The van der Waals surface area contributed by atoms with E-state index in [1.165, 1.54) is 23.3 Å². The number of aliphatic imine (C=N–C) groups is 1. The van der Waals surface area contributed by atoms with Crippen LogP contribution < -0.4 is 5.32 Å². The Balaban J connectivity index is 1.65. The van der Waals surface area contributed by atoms with Crippen molar-refractivity contribution in [2.24, 2.45) is 10.4 Å². The summed E-state index contributed by atoms with van der Waals surface area (Å²) in [7, 11) is 1.81. The molecule has 0 saturated heterocycles. The Bertz CT molecular complexity index is 973. The lowest BCUT2D eigenvalue weighted by Gasteiger charge is -2.35. The summed E-state index contributed by atoms with van der Waals surface area (Å²) in [6, 6.07) is 2.79. The number of nitrogens with one attached hydrogen (secondary N) is 1. The van der Waals surface area contributed by atoms with Gasteiger partial charge in [0, 0.05) is 24.2 Å². The second-order valence-corrected chi connectivity index (χ2v) is 9.23. The summed E-state index contributed by atoms with van der Waals surface area (Å²) in [4.78, 5) is 4.29. The van der Waals surface area contributed by atoms with Gasteiger partial charge in [-0.1, -0.05) is 24.8 Å². The lowest BCUT2D eigenvalue weighted by atomic mass is 9.70. The number of aryl methyl sites for hydroxylation is 1. The maximum Gasteiger partial charge on any atom is 0.159 e. The van der Waals surface area contributed by atoms with E-state index in [-0.39, 0.29) is 11.3 Å². The molecule has 31 heavy (non-hydrogen) atoms. The van der Waals surface area contributed by atoms with Gasteiger partial charge in [-0.15, -0.1) is 0 Å². The first kappa shape index (κ1) is 23.2. The predicted octanol–water partition coefficient (Wildman–Crippen LogP) is 7.16. The van der Waals surface area contributed by atoms with Gasteiger partial charge in [-0.25, -0.2) is 8.78 Å². The highest BCUT2D eigenvalue weighted by atomic mass is 19.2. The van der Waals surface area contributed by atoms with Crippen molar-refractivity contribution in [2.75, 3.05) is 7.05 Å². The van der Waals surface area contributed by atoms with E-state index < -0.39 is 11.6 Å². The second-order valence-electron chi connectivity index (χ2n) is 9.23. The van der Waals surface area contributed by atoms with Gasteiger partial charge in [0.2, 0.25) is 0 Å². The van der Waals surface area contributed by atoms with Gasteiger partial charge in [-0.2, -0.15) is 0 Å². The summed E-state index contributed by atoms with van der Waals surface area (Å²) in [6.45, 7) is 14.5. The van der Waals surface area contributed by atoms with Crippen LogP contribution >= 0.6 is 0 Å². The first-order valence-electron chi connectivity index (χ1n) is 11.0. The Morgan fingerprint density at radius 3 is 2.45 bits per heavy atom. The summed E-state index contributed by atoms with van der Waals surface area (Å²) in [5.41, 5.74) is 7.27. The molecule has 2 nitrogen and oxygen atoms in total. The topological polar surface area (TPSA) is 24.4 Å². The third kappa shape index (κ3) is 5.23. The Labute approximate surface area is 185 Å². The molecule has 1 saturated carbocycles. The fraction of sp³-hybridized carbons (Fsp3) is 0.444. The molecule has 1 N–H and O–H groups in total. The molecule has 1 aromatic carbocycles. The molecule has 0 heterocycles. The quantitative estimate of drug-likeness (QED) is 0.348. The largest absolute Gasteiger partial charge is 0.360 e. The fourth-order valence-corrected chi connectivity index (χ4v) is 4.85. The third-order valence-corrected chi connectivity index (χ3v) is 6.89. The molecule has 0 aliphatic heterocycles. The second kappa shape index (κ2) is 9.33. The molecule has 0 bridgehead atoms. The molecule has 0 amide bonds. The van der Waals surface area contributed by atoms with E-state index in [4.69, 9.17) is 0 Å². The minimum Gasteiger partial charge on any atom is -0.360 e. The van der Waals surface area contributed by atoms with Crippen LogP contribution in [0.3, 0.4) is 0 Å². The Kier molecular flexibility index (Phi) is 6.98. The molecule has 1 unspecified atom stereocenters. The number of allylic oxidation sites excluding steroid dienone is 5. The van der Waals surface area contributed by atoms with Crippen LogP contribution in [-0.4, -0.2) is 12.8 Å². The van der Waals surface area contributed by atoms with Crippen molar-refractivity contribution < 1.29 is 8.78 Å². The van der Waals surface area contributed by atoms with E-state index in [0.717, 1.165) is 60.3 Å². The van der Waals surface area contributed by atoms with Gasteiger partial charge in [-0.3, -0.25) is 4.99 Å². The fourth-order valence-electron chi connectivity index (χ4n) is 4.85. The predicted molar refractivity (Wildman–Crippen MR) is 126 cm³/mol. The molecule has 3 rings (SSSR count). The number of hydrogen-bond donors (Lipinski definition) is 1. The van der Waals surface area contributed by atoms with Gasteiger partial charge in [0.05, 0.1) is 0 Å². The summed E-state index contributed by atoms with van der Waals surface area (Å²) in [5, 5.41) is 3.31. The smallest absolute Gasteiger partial charge is 0.159 e. The van der Waals surface area contributed by atoms with Crippen molar-refractivity contribution in [3.8, 4) is 0 Å². The first-order valence-corrected chi connectivity index (χ1v) is 11.0. The van der Waals surface area contributed by atoms with Crippen LogP contribution in [0.5, 0.6) is 0 Å². The van der Waals surface area contributed by atoms with Gasteiger partial charge in [0.1, 0.15) is 0 Å². The minimum atomic E-state index is -0.756. The summed E-state index contributed by atoms with van der Waals surface area (Å²) < 4.78 is 27.7. The minimum absolute atomic E-state index is 0.170. The summed E-state index contributed by atoms with van der Waals surface area (Å²) >= 11 is 0. The highest BCUT2D eigenvalue weighted by Crippen LogP contribution is 2.63. The molecule has 166 valence electrons. The van der Waals surface area contributed by atoms with Crippen LogP contribution in [0.15, 0.2) is 65.0 Å². The molecule has 2 aliphatic rings. The lowest BCUT2D eigenvalue weighted by molar-refractivity contribution is 0.338. The average Bonchev–Trinajstić information content (AvgIpc) is 3.49. The van der Waals surface area contributed by atoms with Crippen molar-refractivity contribution >= 4 is 5.71 Å². The van der Waals surface area contributed by atoms with E-state index in [1.54, 1.807) is 0 Å². The molecule has 4 heteroatoms. The molecule has 0 radical (unpaired) electrons. The number of nitrogens with zero attached hydrogens (tertiary/aromatic N) is 1. The highest BCUT2D eigenvalue weighted by molar-refractivity contribution is 5.98. The lowest BCUT2D eigenvalue weighted by Crippen LogP contribution is -2.25. The van der Waals surface area contributed by atoms with E-state index in [1.807, 2.05) is 20.0 Å². The van der Waals surface area contributed by atoms with Crippen molar-refractivity contribution in [3.63, 3.8) is 0 Å². The monoisotopic (exact) mass is 424 g/mol. The molecular weight excluding hydrogens is 390 g/mol. The zero-order valence-electron chi connectivity index (χ0n) is 19.2. The van der Waals surface area contributed by atoms with Gasteiger partial charge >= 0.3 is 0 Å². The highest BCUT2D eigenvalue weighted by Gasteiger charge is 2.51. The standard InChI is InChI=1S/C27H34F2N2/c1-17(2)22(20(5)30-6)9-7-8-18(3)31-19(4)14-24-23-16-26(29)25(28)15-21(23)10-11-27(24)12-13-27/h7-8,15-16,24,31H,3-4,9-14H2,1-2,5-6H3/b8-7-,30-20?. The van der Waals surface area contributed by atoms with Crippen molar-refractivity contribution in [3.05, 3.63) is 82.7 Å². The number of fused-ring (bicyclic) bond motifs is 1. The van der Waals surface area contributed by atoms with Crippen molar-refractivity contribution in [1.82, 2.24) is 5.32 Å². The van der Waals surface area contributed by atoms with E-state index in [2.05, 4.69) is 43.4 Å². The maximum atomic E-state index is 14.0. The first-order chi connectivity index (χ1) is 14.7. The SMILES string of the molecule is C=C(/C=C\CC(C(C)=NC)=C(C)C)NC(=C)CC1c2cc(F)c(F)cc2CCC12CC2. The zero-order valence-corrected chi connectivity index (χ0v) is 19.2.